The summed E-state index contributed by atoms with van der Waals surface area (Å²) >= 11 is 0. The van der Waals surface area contributed by atoms with E-state index in [9.17, 15) is 9.59 Å². The summed E-state index contributed by atoms with van der Waals surface area (Å²) in [6.07, 6.45) is 0.716. The van der Waals surface area contributed by atoms with Crippen molar-refractivity contribution in [2.75, 3.05) is 39.8 Å². The van der Waals surface area contributed by atoms with E-state index in [0.717, 1.165) is 6.54 Å². The number of hydrogen-bond acceptors (Lipinski definition) is 4. The standard InChI is InChI=1S/C13H24N4O2/c1-4-15-12(18)11-17(5-2)10-7-13(19)16(3)9-6-8-14/h4-7,9-11H2,1-3H3,(H,15,18). The number of carbonyl (C=O) groups is 2. The third-order valence-electron chi connectivity index (χ3n) is 2.82. The van der Waals surface area contributed by atoms with E-state index in [1.54, 1.807) is 11.9 Å². The molecule has 0 atom stereocenters. The van der Waals surface area contributed by atoms with Gasteiger partial charge in [-0.25, -0.2) is 0 Å². The molecule has 2 amide bonds. The highest BCUT2D eigenvalue weighted by atomic mass is 16.2. The van der Waals surface area contributed by atoms with Gasteiger partial charge in [0.15, 0.2) is 0 Å². The van der Waals surface area contributed by atoms with Crippen molar-refractivity contribution in [2.24, 2.45) is 0 Å². The second-order valence-electron chi connectivity index (χ2n) is 4.30. The molecule has 0 bridgehead atoms. The Morgan fingerprint density at radius 2 is 1.95 bits per heavy atom. The Hall–Kier alpha value is -1.61. The van der Waals surface area contributed by atoms with Gasteiger partial charge in [0.25, 0.3) is 0 Å². The predicted octanol–water partition coefficient (Wildman–Crippen LogP) is 0.207. The van der Waals surface area contributed by atoms with Gasteiger partial charge in [-0.05, 0) is 13.5 Å². The van der Waals surface area contributed by atoms with Crippen LogP contribution in [0.15, 0.2) is 0 Å². The number of nitrogens with zero attached hydrogens (tertiary/aromatic N) is 3. The Morgan fingerprint density at radius 3 is 2.47 bits per heavy atom. The van der Waals surface area contributed by atoms with E-state index >= 15 is 0 Å². The molecule has 0 aliphatic heterocycles. The van der Waals surface area contributed by atoms with Crippen molar-refractivity contribution < 1.29 is 9.59 Å². The summed E-state index contributed by atoms with van der Waals surface area (Å²) < 4.78 is 0. The van der Waals surface area contributed by atoms with Gasteiger partial charge < -0.3 is 10.2 Å². The van der Waals surface area contributed by atoms with Gasteiger partial charge in [0.2, 0.25) is 11.8 Å². The summed E-state index contributed by atoms with van der Waals surface area (Å²) in [4.78, 5) is 26.7. The lowest BCUT2D eigenvalue weighted by Crippen LogP contribution is -2.39. The molecular weight excluding hydrogens is 244 g/mol. The van der Waals surface area contributed by atoms with Crippen LogP contribution in [0.1, 0.15) is 26.7 Å². The maximum atomic E-state index is 11.8. The van der Waals surface area contributed by atoms with Crippen LogP contribution >= 0.6 is 0 Å². The molecule has 0 saturated heterocycles. The van der Waals surface area contributed by atoms with Gasteiger partial charge in [-0.15, -0.1) is 0 Å². The first-order valence-electron chi connectivity index (χ1n) is 6.65. The fourth-order valence-corrected chi connectivity index (χ4v) is 1.59. The molecule has 0 radical (unpaired) electrons. The van der Waals surface area contributed by atoms with Crippen LogP contribution in [0.25, 0.3) is 0 Å². The van der Waals surface area contributed by atoms with Crippen LogP contribution in [0.5, 0.6) is 0 Å². The van der Waals surface area contributed by atoms with Crippen molar-refractivity contribution in [1.29, 1.82) is 5.26 Å². The molecule has 6 nitrogen and oxygen atoms in total. The van der Waals surface area contributed by atoms with Gasteiger partial charge in [0.05, 0.1) is 19.0 Å². The fourth-order valence-electron chi connectivity index (χ4n) is 1.59. The minimum Gasteiger partial charge on any atom is -0.355 e. The third kappa shape index (κ3) is 8.16. The Bertz CT molecular complexity index is 325. The van der Waals surface area contributed by atoms with Crippen molar-refractivity contribution >= 4 is 11.8 Å². The van der Waals surface area contributed by atoms with Crippen LogP contribution in [0, 0.1) is 11.3 Å². The van der Waals surface area contributed by atoms with E-state index < -0.39 is 0 Å². The topological polar surface area (TPSA) is 76.4 Å². The molecule has 0 saturated carbocycles. The van der Waals surface area contributed by atoms with Gasteiger partial charge in [-0.3, -0.25) is 14.5 Å². The average molecular weight is 268 g/mol. The highest BCUT2D eigenvalue weighted by Gasteiger charge is 2.12. The largest absolute Gasteiger partial charge is 0.355 e. The first-order chi connectivity index (χ1) is 9.04. The molecule has 0 spiro atoms. The Morgan fingerprint density at radius 1 is 1.26 bits per heavy atom. The third-order valence-corrected chi connectivity index (χ3v) is 2.82. The smallest absolute Gasteiger partial charge is 0.234 e. The number of carbonyl (C=O) groups excluding carboxylic acids is 2. The van der Waals surface area contributed by atoms with E-state index in [1.165, 1.54) is 0 Å². The molecule has 0 unspecified atom stereocenters. The highest BCUT2D eigenvalue weighted by molar-refractivity contribution is 5.78. The van der Waals surface area contributed by atoms with Crippen LogP contribution in [-0.4, -0.2) is 61.4 Å². The van der Waals surface area contributed by atoms with E-state index in [0.29, 0.717) is 39.0 Å². The second kappa shape index (κ2) is 10.3. The zero-order chi connectivity index (χ0) is 14.7. The summed E-state index contributed by atoms with van der Waals surface area (Å²) in [5, 5.41) is 11.2. The SMILES string of the molecule is CCNC(=O)CN(CC)CCC(=O)N(C)CCC#N. The van der Waals surface area contributed by atoms with Crippen molar-refractivity contribution in [1.82, 2.24) is 15.1 Å². The van der Waals surface area contributed by atoms with E-state index in [4.69, 9.17) is 5.26 Å². The maximum absolute atomic E-state index is 11.8. The molecule has 0 aromatic heterocycles. The Balaban J connectivity index is 4.03. The van der Waals surface area contributed by atoms with Crippen LogP contribution in [-0.2, 0) is 9.59 Å². The lowest BCUT2D eigenvalue weighted by Gasteiger charge is -2.21. The zero-order valence-electron chi connectivity index (χ0n) is 12.1. The molecule has 0 fully saturated rings. The van der Waals surface area contributed by atoms with Crippen LogP contribution in [0.3, 0.4) is 0 Å². The number of amides is 2. The van der Waals surface area contributed by atoms with Gasteiger partial charge in [0, 0.05) is 33.1 Å². The molecule has 0 aromatic carbocycles. The quantitative estimate of drug-likeness (QED) is 0.648. The number of likely N-dealkylation sites (N-methyl/N-ethyl adjacent to an activating group) is 2. The van der Waals surface area contributed by atoms with Crippen molar-refractivity contribution in [2.45, 2.75) is 26.7 Å². The monoisotopic (exact) mass is 268 g/mol. The molecule has 0 aromatic rings. The van der Waals surface area contributed by atoms with Crippen molar-refractivity contribution in [3.8, 4) is 6.07 Å². The zero-order valence-corrected chi connectivity index (χ0v) is 12.1. The average Bonchev–Trinajstić information content (AvgIpc) is 2.40. The molecule has 108 valence electrons. The predicted molar refractivity (Wildman–Crippen MR) is 73.3 cm³/mol. The van der Waals surface area contributed by atoms with Crippen LogP contribution < -0.4 is 5.32 Å². The maximum Gasteiger partial charge on any atom is 0.234 e. The number of nitriles is 1. The molecule has 0 heterocycles. The molecule has 0 rings (SSSR count). The molecule has 6 heteroatoms. The molecule has 0 aliphatic carbocycles. The first kappa shape index (κ1) is 17.4. The van der Waals surface area contributed by atoms with Crippen molar-refractivity contribution in [3.05, 3.63) is 0 Å². The minimum atomic E-state index is -0.0189. The summed E-state index contributed by atoms with van der Waals surface area (Å²) in [6.45, 7) is 6.52. The normalized spacial score (nSPS) is 10.1. The summed E-state index contributed by atoms with van der Waals surface area (Å²) in [7, 11) is 1.69. The number of rotatable bonds is 9. The summed E-state index contributed by atoms with van der Waals surface area (Å²) in [5.74, 6) is -0.0146. The number of hydrogen-bond donors (Lipinski definition) is 1. The number of nitrogens with one attached hydrogen (secondary N) is 1. The van der Waals surface area contributed by atoms with E-state index in [-0.39, 0.29) is 11.8 Å². The Labute approximate surface area is 115 Å². The molecule has 0 aliphatic rings. The lowest BCUT2D eigenvalue weighted by molar-refractivity contribution is -0.130. The fraction of sp³-hybridized carbons (Fsp3) is 0.769. The highest BCUT2D eigenvalue weighted by Crippen LogP contribution is 1.97. The minimum absolute atomic E-state index is 0.00426. The summed E-state index contributed by atoms with van der Waals surface area (Å²) in [6, 6.07) is 2.01. The summed E-state index contributed by atoms with van der Waals surface area (Å²) in [5.41, 5.74) is 0. The van der Waals surface area contributed by atoms with Crippen molar-refractivity contribution in [3.63, 3.8) is 0 Å². The molecule has 19 heavy (non-hydrogen) atoms. The van der Waals surface area contributed by atoms with Gasteiger partial charge >= 0.3 is 0 Å². The van der Waals surface area contributed by atoms with Gasteiger partial charge in [-0.1, -0.05) is 6.92 Å². The molecular formula is C13H24N4O2. The van der Waals surface area contributed by atoms with Gasteiger partial charge in [0.1, 0.15) is 0 Å². The van der Waals surface area contributed by atoms with Crippen LogP contribution in [0.4, 0.5) is 0 Å². The second-order valence-corrected chi connectivity index (χ2v) is 4.30. The lowest BCUT2D eigenvalue weighted by atomic mass is 10.3. The first-order valence-corrected chi connectivity index (χ1v) is 6.65. The van der Waals surface area contributed by atoms with Crippen LogP contribution in [0.2, 0.25) is 0 Å². The Kier molecular flexibility index (Phi) is 9.45. The van der Waals surface area contributed by atoms with E-state index in [2.05, 4.69) is 5.32 Å². The van der Waals surface area contributed by atoms with Gasteiger partial charge in [-0.2, -0.15) is 5.26 Å². The molecule has 1 N–H and O–H groups in total. The van der Waals surface area contributed by atoms with E-state index in [1.807, 2.05) is 24.8 Å².